The average molecular weight is 306 g/mol. The summed E-state index contributed by atoms with van der Waals surface area (Å²) in [5.74, 6) is 0.188. The predicted molar refractivity (Wildman–Crippen MR) is 75.0 cm³/mol. The summed E-state index contributed by atoms with van der Waals surface area (Å²) in [5.41, 5.74) is -0.126. The summed E-state index contributed by atoms with van der Waals surface area (Å²) in [6.07, 6.45) is 0. The first-order valence-electron chi connectivity index (χ1n) is 6.09. The first-order valence-corrected chi connectivity index (χ1v) is 7.58. The molecule has 0 radical (unpaired) electrons. The lowest BCUT2D eigenvalue weighted by atomic mass is 9.97. The maximum atomic E-state index is 12.2. The summed E-state index contributed by atoms with van der Waals surface area (Å²) >= 11 is 0. The fourth-order valence-corrected chi connectivity index (χ4v) is 2.46. The number of sulfonamides is 1. The van der Waals surface area contributed by atoms with E-state index in [0.717, 1.165) is 0 Å². The van der Waals surface area contributed by atoms with Crippen molar-refractivity contribution in [2.75, 3.05) is 4.72 Å². The molecule has 7 nitrogen and oxygen atoms in total. The molecule has 0 atom stereocenters. The van der Waals surface area contributed by atoms with Gasteiger partial charge in [-0.3, -0.25) is 0 Å². The second-order valence-corrected chi connectivity index (χ2v) is 7.10. The Morgan fingerprint density at radius 2 is 2.05 bits per heavy atom. The molecule has 0 unspecified atom stereocenters. The molecule has 0 amide bonds. The van der Waals surface area contributed by atoms with Crippen LogP contribution in [-0.2, 0) is 15.4 Å². The molecule has 21 heavy (non-hydrogen) atoms. The smallest absolute Gasteiger partial charge is 0.277 e. The molecule has 110 valence electrons. The Kier molecular flexibility index (Phi) is 3.70. The number of anilines is 1. The van der Waals surface area contributed by atoms with Gasteiger partial charge in [0.25, 0.3) is 16.0 Å². The zero-order valence-corrected chi connectivity index (χ0v) is 12.6. The van der Waals surface area contributed by atoms with Crippen LogP contribution in [0.2, 0.25) is 0 Å². The van der Waals surface area contributed by atoms with Crippen LogP contribution in [0.3, 0.4) is 0 Å². The first-order chi connectivity index (χ1) is 9.72. The molecule has 0 saturated carbocycles. The highest BCUT2D eigenvalue weighted by Crippen LogP contribution is 2.22. The maximum Gasteiger partial charge on any atom is 0.277 e. The molecule has 0 saturated heterocycles. The minimum absolute atomic E-state index is 0.0383. The van der Waals surface area contributed by atoms with Crippen molar-refractivity contribution in [3.63, 3.8) is 0 Å². The maximum absolute atomic E-state index is 12.2. The molecule has 1 heterocycles. The van der Waals surface area contributed by atoms with Crippen LogP contribution >= 0.6 is 0 Å². The molecule has 0 aliphatic rings. The highest BCUT2D eigenvalue weighted by atomic mass is 32.2. The molecule has 1 aromatic heterocycles. The molecular weight excluding hydrogens is 292 g/mol. The summed E-state index contributed by atoms with van der Waals surface area (Å²) in [7, 11) is -3.86. The van der Waals surface area contributed by atoms with Crippen molar-refractivity contribution in [2.45, 2.75) is 31.1 Å². The summed E-state index contributed by atoms with van der Waals surface area (Å²) in [6, 6.07) is 7.55. The van der Waals surface area contributed by atoms with E-state index in [1.54, 1.807) is 0 Å². The van der Waals surface area contributed by atoms with Gasteiger partial charge < -0.3 is 4.52 Å². The van der Waals surface area contributed by atoms with Crippen LogP contribution in [0.15, 0.2) is 33.7 Å². The molecule has 0 aliphatic heterocycles. The minimum atomic E-state index is -3.86. The first kappa shape index (κ1) is 15.0. The van der Waals surface area contributed by atoms with E-state index in [2.05, 4.69) is 14.9 Å². The third-order valence-corrected chi connectivity index (χ3v) is 3.89. The Morgan fingerprint density at radius 3 is 2.62 bits per heavy atom. The molecule has 0 bridgehead atoms. The normalized spacial score (nSPS) is 11.9. The average Bonchev–Trinajstić information content (AvgIpc) is 2.86. The Morgan fingerprint density at radius 1 is 1.33 bits per heavy atom. The Hall–Kier alpha value is -2.40. The van der Waals surface area contributed by atoms with Gasteiger partial charge in [-0.05, 0) is 23.4 Å². The van der Waals surface area contributed by atoms with Crippen molar-refractivity contribution < 1.29 is 12.9 Å². The van der Waals surface area contributed by atoms with Crippen LogP contribution in [0.4, 0.5) is 5.95 Å². The number of aromatic nitrogens is 2. The summed E-state index contributed by atoms with van der Waals surface area (Å²) in [4.78, 5) is 3.96. The number of nitriles is 1. The number of nitrogens with zero attached hydrogens (tertiary/aromatic N) is 3. The van der Waals surface area contributed by atoms with Crippen molar-refractivity contribution in [1.82, 2.24) is 10.1 Å². The monoisotopic (exact) mass is 306 g/mol. The third kappa shape index (κ3) is 3.38. The van der Waals surface area contributed by atoms with Gasteiger partial charge in [0.15, 0.2) is 0 Å². The van der Waals surface area contributed by atoms with Gasteiger partial charge in [0.05, 0.1) is 16.5 Å². The molecule has 8 heteroatoms. The molecule has 1 aromatic carbocycles. The van der Waals surface area contributed by atoms with E-state index in [9.17, 15) is 8.42 Å². The van der Waals surface area contributed by atoms with Crippen molar-refractivity contribution >= 4 is 16.0 Å². The molecule has 0 fully saturated rings. The highest BCUT2D eigenvalue weighted by Gasteiger charge is 2.24. The van der Waals surface area contributed by atoms with E-state index in [1.165, 1.54) is 24.3 Å². The summed E-state index contributed by atoms with van der Waals surface area (Å²) in [6.45, 7) is 5.61. The van der Waals surface area contributed by atoms with E-state index < -0.39 is 10.0 Å². The van der Waals surface area contributed by atoms with Gasteiger partial charge >= 0.3 is 0 Å². The molecule has 0 aliphatic carbocycles. The van der Waals surface area contributed by atoms with Gasteiger partial charge in [0.1, 0.15) is 0 Å². The van der Waals surface area contributed by atoms with Crippen LogP contribution in [0, 0.1) is 11.3 Å². The topological polar surface area (TPSA) is 109 Å². The van der Waals surface area contributed by atoms with Crippen molar-refractivity contribution in [2.24, 2.45) is 0 Å². The molecule has 0 spiro atoms. The molecular formula is C13H14N4O3S. The molecule has 1 N–H and O–H groups in total. The van der Waals surface area contributed by atoms with Crippen molar-refractivity contribution in [3.8, 4) is 6.07 Å². The zero-order valence-electron chi connectivity index (χ0n) is 11.8. The van der Waals surface area contributed by atoms with Crippen LogP contribution in [-0.4, -0.2) is 18.6 Å². The van der Waals surface area contributed by atoms with E-state index >= 15 is 0 Å². The van der Waals surface area contributed by atoms with E-state index in [0.29, 0.717) is 5.89 Å². The van der Waals surface area contributed by atoms with E-state index in [4.69, 9.17) is 9.78 Å². The minimum Gasteiger partial charge on any atom is -0.337 e. The molecule has 2 aromatic rings. The standard InChI is InChI=1S/C13H14N4O3S/c1-13(2,3)11-15-12(16-20-11)17-21(18,19)10-6-4-5-9(7-10)8-14/h4-7H,1-3H3,(H,16,17). The number of benzene rings is 1. The second kappa shape index (κ2) is 5.18. The van der Waals surface area contributed by atoms with Gasteiger partial charge in [0, 0.05) is 5.41 Å². The van der Waals surface area contributed by atoms with Gasteiger partial charge in [-0.2, -0.15) is 10.2 Å². The van der Waals surface area contributed by atoms with Crippen molar-refractivity contribution in [1.29, 1.82) is 5.26 Å². The predicted octanol–water partition coefficient (Wildman–Crippen LogP) is 2.04. The SMILES string of the molecule is CC(C)(C)c1nc(NS(=O)(=O)c2cccc(C#N)c2)no1. The lowest BCUT2D eigenvalue weighted by Crippen LogP contribution is -2.15. The highest BCUT2D eigenvalue weighted by molar-refractivity contribution is 7.92. The summed E-state index contributed by atoms with van der Waals surface area (Å²) < 4.78 is 31.6. The second-order valence-electron chi connectivity index (χ2n) is 5.42. The van der Waals surface area contributed by atoms with Crippen LogP contribution in [0.25, 0.3) is 0 Å². The Labute approximate surface area is 122 Å². The lowest BCUT2D eigenvalue weighted by Gasteiger charge is -2.10. The van der Waals surface area contributed by atoms with Crippen LogP contribution in [0.1, 0.15) is 32.2 Å². The van der Waals surface area contributed by atoms with Gasteiger partial charge in [-0.15, -0.1) is 0 Å². The third-order valence-electron chi connectivity index (χ3n) is 2.57. The molecule has 2 rings (SSSR count). The number of hydrogen-bond acceptors (Lipinski definition) is 6. The number of hydrogen-bond donors (Lipinski definition) is 1. The van der Waals surface area contributed by atoms with Crippen molar-refractivity contribution in [3.05, 3.63) is 35.7 Å². The number of rotatable bonds is 3. The zero-order chi connectivity index (χ0) is 15.7. The van der Waals surface area contributed by atoms with Crippen LogP contribution < -0.4 is 4.72 Å². The largest absolute Gasteiger partial charge is 0.337 e. The quantitative estimate of drug-likeness (QED) is 0.929. The van der Waals surface area contributed by atoms with Gasteiger partial charge in [0.2, 0.25) is 5.89 Å². The summed E-state index contributed by atoms with van der Waals surface area (Å²) in [5, 5.41) is 12.4. The number of nitrogens with one attached hydrogen (secondary N) is 1. The lowest BCUT2D eigenvalue weighted by molar-refractivity contribution is 0.321. The van der Waals surface area contributed by atoms with Crippen LogP contribution in [0.5, 0.6) is 0 Å². The van der Waals surface area contributed by atoms with E-state index in [-0.39, 0.29) is 21.8 Å². The van der Waals surface area contributed by atoms with Gasteiger partial charge in [-0.1, -0.05) is 26.8 Å². The Balaban J connectivity index is 2.29. The fourth-order valence-electron chi connectivity index (χ4n) is 1.48. The van der Waals surface area contributed by atoms with E-state index in [1.807, 2.05) is 26.8 Å². The van der Waals surface area contributed by atoms with Gasteiger partial charge in [-0.25, -0.2) is 13.1 Å². The Bertz CT molecular complexity index is 797. The fraction of sp³-hybridized carbons (Fsp3) is 0.308.